The number of rotatable bonds is 4. The molecular formula is C29H24Cl2N4O3. The molecule has 9 heteroatoms. The zero-order valence-corrected chi connectivity index (χ0v) is 22.7. The third-order valence-corrected chi connectivity index (χ3v) is 7.69. The van der Waals surface area contributed by atoms with E-state index in [1.165, 1.54) is 4.90 Å². The summed E-state index contributed by atoms with van der Waals surface area (Å²) in [5.74, 6) is 0.409. The van der Waals surface area contributed by atoms with Crippen molar-refractivity contribution in [3.05, 3.63) is 93.2 Å². The molecule has 0 saturated heterocycles. The second-order valence-corrected chi connectivity index (χ2v) is 10.6. The van der Waals surface area contributed by atoms with Crippen LogP contribution < -0.4 is 15.0 Å². The lowest BCUT2D eigenvalue weighted by molar-refractivity contribution is -0.119. The Balaban J connectivity index is 1.75. The van der Waals surface area contributed by atoms with Crippen molar-refractivity contribution in [1.82, 2.24) is 9.55 Å². The fraction of sp³-hybridized carbons (Fsp3) is 0.207. The lowest BCUT2D eigenvalue weighted by atomic mass is 9.86. The van der Waals surface area contributed by atoms with Crippen LogP contribution in [0.2, 0.25) is 10.0 Å². The molecule has 0 radical (unpaired) electrons. The maximum Gasteiger partial charge on any atom is 0.280 e. The molecule has 3 aromatic carbocycles. The van der Waals surface area contributed by atoms with Gasteiger partial charge in [0, 0.05) is 27.3 Å². The summed E-state index contributed by atoms with van der Waals surface area (Å²) in [6, 6.07) is 17.9. The minimum atomic E-state index is -1.53. The molecule has 0 fully saturated rings. The molecule has 3 heterocycles. The first kappa shape index (κ1) is 24.5. The molecule has 2 aliphatic heterocycles. The first-order chi connectivity index (χ1) is 18.2. The second-order valence-electron chi connectivity index (χ2n) is 9.72. The Morgan fingerprint density at radius 2 is 1.71 bits per heavy atom. The summed E-state index contributed by atoms with van der Waals surface area (Å²) < 4.78 is 7.60. The van der Waals surface area contributed by atoms with Gasteiger partial charge in [0.25, 0.3) is 11.8 Å². The minimum Gasteiger partial charge on any atom is -0.496 e. The number of hydrogen-bond donors (Lipinski definition) is 1. The number of methoxy groups -OCH3 is 1. The Labute approximate surface area is 230 Å². The van der Waals surface area contributed by atoms with E-state index in [9.17, 15) is 9.59 Å². The zero-order chi connectivity index (χ0) is 26.9. The van der Waals surface area contributed by atoms with Crippen LogP contribution in [0.1, 0.15) is 47.2 Å². The average molecular weight is 547 g/mol. The number of anilines is 2. The number of carbonyl (C=O) groups is 2. The van der Waals surface area contributed by atoms with Crippen LogP contribution in [0.15, 0.2) is 60.7 Å². The monoisotopic (exact) mass is 546 g/mol. The molecule has 2 aliphatic rings. The van der Waals surface area contributed by atoms with Gasteiger partial charge in [-0.2, -0.15) is 0 Å². The van der Waals surface area contributed by atoms with Gasteiger partial charge in [0.1, 0.15) is 11.6 Å². The third-order valence-electron chi connectivity index (χ3n) is 7.22. The number of hydrogen-bond acceptors (Lipinski definition) is 4. The Morgan fingerprint density at radius 3 is 2.45 bits per heavy atom. The van der Waals surface area contributed by atoms with Crippen LogP contribution in [0.5, 0.6) is 5.75 Å². The molecule has 1 atom stereocenters. The van der Waals surface area contributed by atoms with Crippen molar-refractivity contribution in [2.75, 3.05) is 17.3 Å². The van der Waals surface area contributed by atoms with E-state index >= 15 is 0 Å². The highest BCUT2D eigenvalue weighted by Gasteiger charge is 2.64. The standard InChI is InChI=1S/C29H24Cl2N4O3/c1-15(2)34-25-24(33-26(34)19-7-5-6-8-23(19)38-4)27(36)35(22-14-18(31)10-9-16(22)3)29(25)20-12-11-17(30)13-21(20)32-28(29)37/h5-15H,1-4H3,(H,32,37)/t29-/m1/s1. The van der Waals surface area contributed by atoms with Gasteiger partial charge >= 0.3 is 0 Å². The molecule has 38 heavy (non-hydrogen) atoms. The van der Waals surface area contributed by atoms with Gasteiger partial charge in [-0.1, -0.05) is 47.5 Å². The van der Waals surface area contributed by atoms with Gasteiger partial charge in [-0.25, -0.2) is 4.98 Å². The molecule has 192 valence electrons. The first-order valence-corrected chi connectivity index (χ1v) is 12.9. The number of aryl methyl sites for hydroxylation is 1. The molecule has 2 amide bonds. The molecule has 1 aromatic heterocycles. The smallest absolute Gasteiger partial charge is 0.280 e. The van der Waals surface area contributed by atoms with Crippen LogP contribution in [-0.2, 0) is 10.3 Å². The van der Waals surface area contributed by atoms with Gasteiger partial charge in [0.05, 0.1) is 24.1 Å². The quantitative estimate of drug-likeness (QED) is 0.312. The summed E-state index contributed by atoms with van der Waals surface area (Å²) in [6.07, 6.45) is 0. The van der Waals surface area contributed by atoms with Gasteiger partial charge < -0.3 is 14.6 Å². The van der Waals surface area contributed by atoms with Gasteiger partial charge in [0.15, 0.2) is 11.2 Å². The first-order valence-electron chi connectivity index (χ1n) is 12.2. The fourth-order valence-electron chi connectivity index (χ4n) is 5.65. The number of imidazole rings is 1. The zero-order valence-electron chi connectivity index (χ0n) is 21.2. The van der Waals surface area contributed by atoms with Crippen molar-refractivity contribution >= 4 is 46.4 Å². The number of fused-ring (bicyclic) bond motifs is 4. The predicted octanol–water partition coefficient (Wildman–Crippen LogP) is 6.61. The normalized spacial score (nSPS) is 17.8. The highest BCUT2D eigenvalue weighted by atomic mass is 35.5. The molecule has 7 nitrogen and oxygen atoms in total. The van der Waals surface area contributed by atoms with E-state index in [0.29, 0.717) is 44.3 Å². The number of nitrogens with one attached hydrogen (secondary N) is 1. The van der Waals surface area contributed by atoms with Crippen LogP contribution in [-0.4, -0.2) is 28.5 Å². The molecule has 0 saturated carbocycles. The lowest BCUT2D eigenvalue weighted by Crippen LogP contribution is -2.51. The Morgan fingerprint density at radius 1 is 1.00 bits per heavy atom. The van der Waals surface area contributed by atoms with E-state index in [1.54, 1.807) is 37.4 Å². The fourth-order valence-corrected chi connectivity index (χ4v) is 5.99. The van der Waals surface area contributed by atoms with E-state index in [-0.39, 0.29) is 23.6 Å². The van der Waals surface area contributed by atoms with E-state index in [4.69, 9.17) is 32.9 Å². The van der Waals surface area contributed by atoms with Crippen molar-refractivity contribution in [1.29, 1.82) is 0 Å². The van der Waals surface area contributed by atoms with Crippen LogP contribution >= 0.6 is 23.2 Å². The summed E-state index contributed by atoms with van der Waals surface area (Å²) in [5, 5.41) is 3.92. The van der Waals surface area contributed by atoms with E-state index < -0.39 is 5.54 Å². The Bertz CT molecular complexity index is 1660. The van der Waals surface area contributed by atoms with Crippen molar-refractivity contribution in [3.63, 3.8) is 0 Å². The maximum atomic E-state index is 14.4. The van der Waals surface area contributed by atoms with Crippen molar-refractivity contribution in [2.45, 2.75) is 32.4 Å². The van der Waals surface area contributed by atoms with Gasteiger partial charge in [-0.15, -0.1) is 0 Å². The number of para-hydroxylation sites is 1. The molecule has 4 aromatic rings. The van der Waals surface area contributed by atoms with Gasteiger partial charge in [-0.05, 0) is 62.7 Å². The molecule has 0 unspecified atom stereocenters. The number of halogens is 2. The van der Waals surface area contributed by atoms with Crippen LogP contribution in [0.4, 0.5) is 11.4 Å². The van der Waals surface area contributed by atoms with Crippen LogP contribution in [0.3, 0.4) is 0 Å². The summed E-state index contributed by atoms with van der Waals surface area (Å²) in [6.45, 7) is 5.89. The summed E-state index contributed by atoms with van der Waals surface area (Å²) >= 11 is 12.7. The van der Waals surface area contributed by atoms with Crippen LogP contribution in [0.25, 0.3) is 11.4 Å². The number of nitrogens with zero attached hydrogens (tertiary/aromatic N) is 3. The Kier molecular flexibility index (Phi) is 5.56. The largest absolute Gasteiger partial charge is 0.496 e. The van der Waals surface area contributed by atoms with Crippen molar-refractivity contribution in [2.24, 2.45) is 0 Å². The third kappa shape index (κ3) is 3.18. The van der Waals surface area contributed by atoms with Crippen LogP contribution in [0, 0.1) is 6.92 Å². The van der Waals surface area contributed by atoms with Crippen molar-refractivity contribution < 1.29 is 14.3 Å². The highest BCUT2D eigenvalue weighted by Crippen LogP contribution is 2.55. The number of carbonyl (C=O) groups excluding carboxylic acids is 2. The lowest BCUT2D eigenvalue weighted by Gasteiger charge is -2.36. The number of amides is 2. The predicted molar refractivity (Wildman–Crippen MR) is 148 cm³/mol. The highest BCUT2D eigenvalue weighted by molar-refractivity contribution is 6.32. The van der Waals surface area contributed by atoms with Gasteiger partial charge in [-0.3, -0.25) is 14.5 Å². The van der Waals surface area contributed by atoms with E-state index in [2.05, 4.69) is 5.32 Å². The van der Waals surface area contributed by atoms with E-state index in [0.717, 1.165) is 11.1 Å². The molecule has 6 rings (SSSR count). The SMILES string of the molecule is COc1ccccc1-c1nc2c(n1C(C)C)[C@]1(C(=O)Nc3cc(Cl)ccc31)N(c1cc(Cl)ccc1C)C2=O. The molecular weight excluding hydrogens is 523 g/mol. The second kappa shape index (κ2) is 8.61. The van der Waals surface area contributed by atoms with E-state index in [1.807, 2.05) is 55.7 Å². The molecule has 0 aliphatic carbocycles. The summed E-state index contributed by atoms with van der Waals surface area (Å²) in [5.41, 5.74) is 2.39. The molecule has 0 bridgehead atoms. The Hall–Kier alpha value is -3.81. The minimum absolute atomic E-state index is 0.152. The average Bonchev–Trinajstić information content (AvgIpc) is 3.49. The summed E-state index contributed by atoms with van der Waals surface area (Å²) in [4.78, 5) is 35.1. The number of ether oxygens (including phenoxy) is 1. The number of benzene rings is 3. The molecule has 1 spiro atoms. The summed E-state index contributed by atoms with van der Waals surface area (Å²) in [7, 11) is 1.59. The maximum absolute atomic E-state index is 14.4. The molecule has 1 N–H and O–H groups in total. The van der Waals surface area contributed by atoms with Crippen molar-refractivity contribution in [3.8, 4) is 17.1 Å². The van der Waals surface area contributed by atoms with Gasteiger partial charge in [0.2, 0.25) is 0 Å². The topological polar surface area (TPSA) is 76.5 Å². The number of aromatic nitrogens is 2.